The molecule has 1 amide bonds. The number of piperidine rings is 1. The van der Waals surface area contributed by atoms with Crippen LogP contribution in [0.2, 0.25) is 0 Å². The van der Waals surface area contributed by atoms with E-state index < -0.39 is 11.5 Å². The van der Waals surface area contributed by atoms with E-state index in [0.717, 1.165) is 64.0 Å². The van der Waals surface area contributed by atoms with Gasteiger partial charge < -0.3 is 19.9 Å². The van der Waals surface area contributed by atoms with Crippen LogP contribution in [0.5, 0.6) is 0 Å². The number of hydrogen-bond donors (Lipinski definition) is 1. The molecule has 3 rings (SSSR count). The molecule has 0 bridgehead atoms. The highest BCUT2D eigenvalue weighted by molar-refractivity contribution is 5.66. The number of amides is 1. The highest BCUT2D eigenvalue weighted by Crippen LogP contribution is 2.43. The lowest BCUT2D eigenvalue weighted by Gasteiger charge is -2.43. The number of carbonyl (C=O) groups excluding carboxylic acids is 1. The van der Waals surface area contributed by atoms with Crippen molar-refractivity contribution in [3.63, 3.8) is 0 Å². The number of carbonyl (C=O) groups is 1. The fraction of sp³-hybridized carbons (Fsp3) is 0.588. The Bertz CT molecular complexity index is 1080. The van der Waals surface area contributed by atoms with Crippen LogP contribution in [0, 0.1) is 17.2 Å². The molecule has 6 heteroatoms. The van der Waals surface area contributed by atoms with Gasteiger partial charge in [0.25, 0.3) is 0 Å². The molecular weight excluding hydrogens is 496 g/mol. The van der Waals surface area contributed by atoms with Crippen molar-refractivity contribution in [3.8, 4) is 6.07 Å². The number of likely N-dealkylation sites (tertiary alicyclic amines) is 1. The van der Waals surface area contributed by atoms with Crippen molar-refractivity contribution in [2.75, 3.05) is 44.7 Å². The molecule has 1 fully saturated rings. The smallest absolute Gasteiger partial charge is 0.407 e. The number of nitriles is 1. The molecule has 6 nitrogen and oxygen atoms in total. The molecular formula is C34H50N4O2. The van der Waals surface area contributed by atoms with Crippen LogP contribution in [0.1, 0.15) is 77.8 Å². The van der Waals surface area contributed by atoms with Gasteiger partial charge in [-0.25, -0.2) is 4.79 Å². The molecule has 1 heterocycles. The first-order valence-electron chi connectivity index (χ1n) is 15.1. The minimum atomic E-state index is -0.689. The van der Waals surface area contributed by atoms with E-state index in [2.05, 4.69) is 92.2 Å². The average molecular weight is 547 g/mol. The number of hydrogen-bond acceptors (Lipinski definition) is 5. The Morgan fingerprint density at radius 1 is 1.07 bits per heavy atom. The van der Waals surface area contributed by atoms with Gasteiger partial charge in [0.15, 0.2) is 0 Å². The maximum Gasteiger partial charge on any atom is 0.407 e. The van der Waals surface area contributed by atoms with E-state index in [1.165, 1.54) is 11.3 Å². The lowest BCUT2D eigenvalue weighted by Crippen LogP contribution is -2.46. The lowest BCUT2D eigenvalue weighted by atomic mass is 9.64. The highest BCUT2D eigenvalue weighted by Gasteiger charge is 2.44. The summed E-state index contributed by atoms with van der Waals surface area (Å²) in [5, 5.41) is 13.3. The highest BCUT2D eigenvalue weighted by atomic mass is 16.6. The Morgan fingerprint density at radius 2 is 1.73 bits per heavy atom. The molecule has 1 aliphatic heterocycles. The monoisotopic (exact) mass is 546 g/mol. The Labute approximate surface area is 242 Å². The molecule has 2 atom stereocenters. The number of rotatable bonds is 12. The summed E-state index contributed by atoms with van der Waals surface area (Å²) in [6.07, 6.45) is 3.33. The summed E-state index contributed by atoms with van der Waals surface area (Å²) in [4.78, 5) is 17.1. The van der Waals surface area contributed by atoms with Crippen molar-refractivity contribution in [3.05, 3.63) is 65.7 Å². The van der Waals surface area contributed by atoms with E-state index in [1.54, 1.807) is 7.05 Å². The molecule has 2 unspecified atom stereocenters. The molecule has 1 N–H and O–H groups in total. The van der Waals surface area contributed by atoms with Crippen molar-refractivity contribution < 1.29 is 9.53 Å². The van der Waals surface area contributed by atoms with Crippen molar-refractivity contribution >= 4 is 11.8 Å². The quantitative estimate of drug-likeness (QED) is 0.314. The number of likely N-dealkylation sites (N-methyl/N-ethyl adjacent to an activating group) is 1. The number of benzene rings is 2. The zero-order valence-electron chi connectivity index (χ0n) is 25.6. The van der Waals surface area contributed by atoms with Gasteiger partial charge in [-0.3, -0.25) is 0 Å². The molecule has 1 aliphatic rings. The molecule has 40 heavy (non-hydrogen) atoms. The van der Waals surface area contributed by atoms with Crippen LogP contribution in [-0.2, 0) is 15.6 Å². The molecule has 2 aromatic rings. The zero-order chi connectivity index (χ0) is 29.2. The molecule has 0 aromatic heterocycles. The van der Waals surface area contributed by atoms with Crippen LogP contribution in [-0.4, -0.2) is 56.9 Å². The van der Waals surface area contributed by atoms with Crippen molar-refractivity contribution in [2.45, 2.75) is 83.7 Å². The van der Waals surface area contributed by atoms with Gasteiger partial charge in [-0.15, -0.1) is 0 Å². The second-order valence-corrected chi connectivity index (χ2v) is 12.2. The Kier molecular flexibility index (Phi) is 11.5. The number of anilines is 1. The van der Waals surface area contributed by atoms with Gasteiger partial charge in [0, 0.05) is 38.8 Å². The third kappa shape index (κ3) is 8.01. The van der Waals surface area contributed by atoms with Gasteiger partial charge >= 0.3 is 6.09 Å². The SMILES string of the molecule is CCCC(CC(C#N)(c1ccccc1)C1CCN(CCN(CC)c2ccc(C(C)(C)C)cc2)CC1)OC(=O)NC. The largest absolute Gasteiger partial charge is 0.446 e. The summed E-state index contributed by atoms with van der Waals surface area (Å²) in [7, 11) is 1.58. The van der Waals surface area contributed by atoms with Gasteiger partial charge in [0.2, 0.25) is 0 Å². The van der Waals surface area contributed by atoms with Gasteiger partial charge in [0.05, 0.1) is 11.5 Å². The Balaban J connectivity index is 1.69. The standard InChI is InChI=1S/C34H50N4O2/c1-7-12-31(40-32(39)36-6)25-34(26-35,28-13-10-9-11-14-28)29-19-21-37(22-20-29)23-24-38(8-2)30-17-15-27(16-18-30)33(3,4)5/h9-11,13-18,29,31H,7-8,12,19-25H2,1-6H3,(H,36,39). The first-order valence-corrected chi connectivity index (χ1v) is 15.1. The summed E-state index contributed by atoms with van der Waals surface area (Å²) in [5.74, 6) is 0.205. The number of alkyl carbamates (subject to hydrolysis) is 1. The summed E-state index contributed by atoms with van der Waals surface area (Å²) >= 11 is 0. The van der Waals surface area contributed by atoms with E-state index in [-0.39, 0.29) is 17.4 Å². The molecule has 2 aromatic carbocycles. The van der Waals surface area contributed by atoms with Crippen LogP contribution in [0.3, 0.4) is 0 Å². The topological polar surface area (TPSA) is 68.6 Å². The second-order valence-electron chi connectivity index (χ2n) is 12.2. The summed E-state index contributed by atoms with van der Waals surface area (Å²) in [5.41, 5.74) is 3.13. The molecule has 1 saturated heterocycles. The first kappa shape index (κ1) is 31.5. The van der Waals surface area contributed by atoms with Gasteiger partial charge in [-0.05, 0) is 73.9 Å². The zero-order valence-corrected chi connectivity index (χ0v) is 25.6. The maximum atomic E-state index is 12.1. The first-order chi connectivity index (χ1) is 19.2. The van der Waals surface area contributed by atoms with Crippen LogP contribution in [0.25, 0.3) is 0 Å². The summed E-state index contributed by atoms with van der Waals surface area (Å²) in [6, 6.07) is 21.9. The minimum Gasteiger partial charge on any atom is -0.446 e. The van der Waals surface area contributed by atoms with Crippen molar-refractivity contribution in [1.29, 1.82) is 5.26 Å². The molecule has 0 spiro atoms. The van der Waals surface area contributed by atoms with Gasteiger partial charge in [0.1, 0.15) is 6.10 Å². The van der Waals surface area contributed by atoms with E-state index in [1.807, 2.05) is 18.2 Å². The third-order valence-corrected chi connectivity index (χ3v) is 8.58. The normalized spacial score (nSPS) is 16.9. The Hall–Kier alpha value is -3.04. The van der Waals surface area contributed by atoms with Crippen LogP contribution >= 0.6 is 0 Å². The predicted octanol–water partition coefficient (Wildman–Crippen LogP) is 6.90. The van der Waals surface area contributed by atoms with Crippen molar-refractivity contribution in [1.82, 2.24) is 10.2 Å². The maximum absolute atomic E-state index is 12.1. The lowest BCUT2D eigenvalue weighted by molar-refractivity contribution is 0.0603. The Morgan fingerprint density at radius 3 is 2.25 bits per heavy atom. The van der Waals surface area contributed by atoms with E-state index in [0.29, 0.717) is 6.42 Å². The number of nitrogens with zero attached hydrogens (tertiary/aromatic N) is 3. The van der Waals surface area contributed by atoms with Crippen molar-refractivity contribution in [2.24, 2.45) is 5.92 Å². The molecule has 0 saturated carbocycles. The predicted molar refractivity (Wildman–Crippen MR) is 165 cm³/mol. The summed E-state index contributed by atoms with van der Waals surface area (Å²) in [6.45, 7) is 16.0. The molecule has 0 aliphatic carbocycles. The van der Waals surface area contributed by atoms with E-state index in [9.17, 15) is 10.1 Å². The number of ether oxygens (including phenoxy) is 1. The van der Waals surface area contributed by atoms with E-state index in [4.69, 9.17) is 4.74 Å². The number of nitrogens with one attached hydrogen (secondary N) is 1. The van der Waals surface area contributed by atoms with Crippen LogP contribution in [0.15, 0.2) is 54.6 Å². The fourth-order valence-corrected chi connectivity index (χ4v) is 6.10. The van der Waals surface area contributed by atoms with Crippen LogP contribution in [0.4, 0.5) is 10.5 Å². The molecule has 0 radical (unpaired) electrons. The fourth-order valence-electron chi connectivity index (χ4n) is 6.10. The minimum absolute atomic E-state index is 0.156. The third-order valence-electron chi connectivity index (χ3n) is 8.58. The van der Waals surface area contributed by atoms with E-state index >= 15 is 0 Å². The molecule has 218 valence electrons. The second kappa shape index (κ2) is 14.6. The average Bonchev–Trinajstić information content (AvgIpc) is 2.97. The summed E-state index contributed by atoms with van der Waals surface area (Å²) < 4.78 is 5.76. The van der Waals surface area contributed by atoms with Crippen LogP contribution < -0.4 is 10.2 Å². The van der Waals surface area contributed by atoms with Gasteiger partial charge in [-0.2, -0.15) is 5.26 Å². The van der Waals surface area contributed by atoms with Gasteiger partial charge in [-0.1, -0.05) is 76.6 Å².